The van der Waals surface area contributed by atoms with Crippen LogP contribution in [-0.2, 0) is 0 Å². The van der Waals surface area contributed by atoms with Gasteiger partial charge in [0, 0.05) is 5.69 Å². The van der Waals surface area contributed by atoms with Crippen LogP contribution in [0.5, 0.6) is 0 Å². The minimum Gasteiger partial charge on any atom is -0.398 e. The lowest BCUT2D eigenvalue weighted by atomic mass is 9.76. The van der Waals surface area contributed by atoms with Gasteiger partial charge in [0.1, 0.15) is 5.82 Å². The molecule has 2 N–H and O–H groups in total. The summed E-state index contributed by atoms with van der Waals surface area (Å²) in [4.78, 5) is 0. The topological polar surface area (TPSA) is 26.0 Å². The Morgan fingerprint density at radius 3 is 2.67 bits per heavy atom. The molecule has 1 nitrogen and oxygen atoms in total. The summed E-state index contributed by atoms with van der Waals surface area (Å²) >= 11 is 0. The number of nitrogens with two attached hydrogens (primary N) is 1. The van der Waals surface area contributed by atoms with Crippen molar-refractivity contribution in [1.29, 1.82) is 0 Å². The van der Waals surface area contributed by atoms with Crippen molar-refractivity contribution in [1.82, 2.24) is 0 Å². The third-order valence-corrected chi connectivity index (χ3v) is 3.56. The molecule has 15 heavy (non-hydrogen) atoms. The van der Waals surface area contributed by atoms with Gasteiger partial charge in [-0.25, -0.2) is 4.39 Å². The van der Waals surface area contributed by atoms with Crippen molar-refractivity contribution in [2.45, 2.75) is 38.5 Å². The molecule has 0 spiro atoms. The largest absolute Gasteiger partial charge is 0.398 e. The first-order chi connectivity index (χ1) is 7.18. The molecule has 0 aliphatic heterocycles. The van der Waals surface area contributed by atoms with Crippen LogP contribution in [0.2, 0.25) is 0 Å². The van der Waals surface area contributed by atoms with Gasteiger partial charge in [-0.3, -0.25) is 0 Å². The number of anilines is 1. The second-order valence-corrected chi connectivity index (χ2v) is 4.64. The Hall–Kier alpha value is -1.05. The molecule has 1 aromatic carbocycles. The fourth-order valence-corrected chi connectivity index (χ4v) is 2.66. The molecule has 2 atom stereocenters. The third kappa shape index (κ3) is 2.14. The van der Waals surface area contributed by atoms with E-state index >= 15 is 0 Å². The SMILES string of the molecule is C[C@@H]1CCCC[C@@H]1c1ccc(F)cc1N. The van der Waals surface area contributed by atoms with Crippen LogP contribution < -0.4 is 5.73 Å². The van der Waals surface area contributed by atoms with Crippen molar-refractivity contribution in [3.8, 4) is 0 Å². The Morgan fingerprint density at radius 2 is 2.00 bits per heavy atom. The van der Waals surface area contributed by atoms with Gasteiger partial charge >= 0.3 is 0 Å². The Bertz CT molecular complexity index is 348. The Balaban J connectivity index is 2.27. The highest BCUT2D eigenvalue weighted by atomic mass is 19.1. The van der Waals surface area contributed by atoms with E-state index in [1.54, 1.807) is 0 Å². The average Bonchev–Trinajstić information content (AvgIpc) is 2.20. The molecule has 2 heteroatoms. The molecule has 0 radical (unpaired) electrons. The third-order valence-electron chi connectivity index (χ3n) is 3.56. The van der Waals surface area contributed by atoms with Gasteiger partial charge in [-0.05, 0) is 36.0 Å². The summed E-state index contributed by atoms with van der Waals surface area (Å²) in [6.07, 6.45) is 5.04. The zero-order valence-corrected chi connectivity index (χ0v) is 9.17. The van der Waals surface area contributed by atoms with Gasteiger partial charge in [0.05, 0.1) is 0 Å². The van der Waals surface area contributed by atoms with Crippen LogP contribution in [0.15, 0.2) is 18.2 Å². The average molecular weight is 207 g/mol. The van der Waals surface area contributed by atoms with Crippen LogP contribution >= 0.6 is 0 Å². The first-order valence-corrected chi connectivity index (χ1v) is 5.73. The first kappa shape index (κ1) is 10.5. The van der Waals surface area contributed by atoms with E-state index in [4.69, 9.17) is 5.73 Å². The van der Waals surface area contributed by atoms with Crippen molar-refractivity contribution in [2.75, 3.05) is 5.73 Å². The molecule has 82 valence electrons. The van der Waals surface area contributed by atoms with Gasteiger partial charge < -0.3 is 5.73 Å². The molecular formula is C13H18FN. The van der Waals surface area contributed by atoms with Crippen LogP contribution in [0.3, 0.4) is 0 Å². The van der Waals surface area contributed by atoms with E-state index < -0.39 is 0 Å². The maximum Gasteiger partial charge on any atom is 0.125 e. The molecule has 1 aliphatic rings. The quantitative estimate of drug-likeness (QED) is 0.698. The van der Waals surface area contributed by atoms with E-state index in [-0.39, 0.29) is 5.82 Å². The van der Waals surface area contributed by atoms with Crippen molar-refractivity contribution in [2.24, 2.45) is 5.92 Å². The van der Waals surface area contributed by atoms with Crippen molar-refractivity contribution < 1.29 is 4.39 Å². The lowest BCUT2D eigenvalue weighted by Crippen LogP contribution is -2.16. The van der Waals surface area contributed by atoms with Gasteiger partial charge in [-0.15, -0.1) is 0 Å². The molecule has 1 aromatic rings. The molecule has 0 aromatic heterocycles. The predicted molar refractivity (Wildman–Crippen MR) is 61.2 cm³/mol. The number of nitrogen functional groups attached to an aromatic ring is 1. The number of halogens is 1. The number of benzene rings is 1. The van der Waals surface area contributed by atoms with Crippen LogP contribution in [0.4, 0.5) is 10.1 Å². The van der Waals surface area contributed by atoms with Crippen LogP contribution in [0, 0.1) is 11.7 Å². The smallest absolute Gasteiger partial charge is 0.125 e. The van der Waals surface area contributed by atoms with Gasteiger partial charge in [0.2, 0.25) is 0 Å². The molecule has 1 fully saturated rings. The van der Waals surface area contributed by atoms with Crippen molar-refractivity contribution in [3.05, 3.63) is 29.6 Å². The molecule has 1 saturated carbocycles. The Morgan fingerprint density at radius 1 is 1.27 bits per heavy atom. The maximum atomic E-state index is 12.9. The van der Waals surface area contributed by atoms with E-state index in [9.17, 15) is 4.39 Å². The summed E-state index contributed by atoms with van der Waals surface area (Å²) in [6.45, 7) is 2.27. The van der Waals surface area contributed by atoms with E-state index in [0.717, 1.165) is 5.56 Å². The fourth-order valence-electron chi connectivity index (χ4n) is 2.66. The fraction of sp³-hybridized carbons (Fsp3) is 0.538. The second-order valence-electron chi connectivity index (χ2n) is 4.64. The second kappa shape index (κ2) is 4.21. The highest BCUT2D eigenvalue weighted by molar-refractivity contribution is 5.49. The van der Waals surface area contributed by atoms with Gasteiger partial charge in [-0.2, -0.15) is 0 Å². The lowest BCUT2D eigenvalue weighted by molar-refractivity contribution is 0.331. The molecule has 0 amide bonds. The summed E-state index contributed by atoms with van der Waals surface area (Å²) in [5.41, 5.74) is 7.64. The molecule has 0 saturated heterocycles. The van der Waals surface area contributed by atoms with E-state index in [2.05, 4.69) is 6.92 Å². The Kier molecular flexibility index (Phi) is 2.94. The zero-order chi connectivity index (χ0) is 10.8. The highest BCUT2D eigenvalue weighted by Gasteiger charge is 2.24. The summed E-state index contributed by atoms with van der Waals surface area (Å²) in [5, 5.41) is 0. The van der Waals surface area contributed by atoms with Crippen LogP contribution in [0.25, 0.3) is 0 Å². The molecule has 0 unspecified atom stereocenters. The first-order valence-electron chi connectivity index (χ1n) is 5.73. The number of hydrogen-bond acceptors (Lipinski definition) is 1. The normalized spacial score (nSPS) is 26.5. The van der Waals surface area contributed by atoms with E-state index in [0.29, 0.717) is 17.5 Å². The van der Waals surface area contributed by atoms with Crippen LogP contribution in [0.1, 0.15) is 44.1 Å². The highest BCUT2D eigenvalue weighted by Crippen LogP contribution is 2.39. The number of rotatable bonds is 1. The van der Waals surface area contributed by atoms with Gasteiger partial charge in [0.25, 0.3) is 0 Å². The summed E-state index contributed by atoms with van der Waals surface area (Å²) < 4.78 is 12.9. The van der Waals surface area contributed by atoms with Gasteiger partial charge in [-0.1, -0.05) is 32.3 Å². The standard InChI is InChI=1S/C13H18FN/c1-9-4-2-3-5-11(9)12-7-6-10(14)8-13(12)15/h6-9,11H,2-5,15H2,1H3/t9-,11+/m1/s1. The molecule has 0 heterocycles. The van der Waals surface area contributed by atoms with E-state index in [1.165, 1.54) is 37.8 Å². The predicted octanol–water partition coefficient (Wildman–Crippen LogP) is 3.70. The molecule has 0 bridgehead atoms. The minimum absolute atomic E-state index is 0.236. The van der Waals surface area contributed by atoms with E-state index in [1.807, 2.05) is 6.07 Å². The molecule has 2 rings (SSSR count). The van der Waals surface area contributed by atoms with Gasteiger partial charge in [0.15, 0.2) is 0 Å². The maximum absolute atomic E-state index is 12.9. The Labute approximate surface area is 90.5 Å². The zero-order valence-electron chi connectivity index (χ0n) is 9.17. The minimum atomic E-state index is -0.236. The molecular weight excluding hydrogens is 189 g/mol. The summed E-state index contributed by atoms with van der Waals surface area (Å²) in [6, 6.07) is 4.82. The number of hydrogen-bond donors (Lipinski definition) is 1. The summed E-state index contributed by atoms with van der Waals surface area (Å²) in [7, 11) is 0. The molecule has 1 aliphatic carbocycles. The van der Waals surface area contributed by atoms with Crippen molar-refractivity contribution in [3.63, 3.8) is 0 Å². The van der Waals surface area contributed by atoms with Crippen molar-refractivity contribution >= 4 is 5.69 Å². The lowest BCUT2D eigenvalue weighted by Gasteiger charge is -2.29. The summed E-state index contributed by atoms with van der Waals surface area (Å²) in [5.74, 6) is 0.963. The monoisotopic (exact) mass is 207 g/mol. The van der Waals surface area contributed by atoms with Crippen LogP contribution in [-0.4, -0.2) is 0 Å².